The van der Waals surface area contributed by atoms with Gasteiger partial charge in [-0.15, -0.1) is 0 Å². The van der Waals surface area contributed by atoms with Crippen LogP contribution in [0.3, 0.4) is 0 Å². The van der Waals surface area contributed by atoms with Gasteiger partial charge in [-0.1, -0.05) is 359 Å². The first-order valence-electron chi connectivity index (χ1n) is 45.3. The van der Waals surface area contributed by atoms with Crippen LogP contribution in [0.1, 0.15) is 132 Å². The van der Waals surface area contributed by atoms with E-state index in [1.165, 1.54) is 99.0 Å². The van der Waals surface area contributed by atoms with Crippen molar-refractivity contribution < 1.29 is 0 Å². The van der Waals surface area contributed by atoms with Crippen molar-refractivity contribution in [2.45, 2.75) is 131 Å². The summed E-state index contributed by atoms with van der Waals surface area (Å²) in [6.07, 6.45) is 0. The standard InChI is InChI=1S/C122H107BN4/c1-118(2,3)90-56-62-109-103(68-90)97-52-28-30-54-107(97)124(109)95-58-60-105-111(76-95)126(116-99(80-40-24-18-25-41-80)70-92(120(7,8)9)72-101(116)88-50-34-48-86(66-88)84-46-32-44-82(64-84)78-36-20-16-21-37-78)113-74-94(122(13,14)15)75-114-115(113)123(105)106-61-59-96(125-108-55-31-29-53-98(108)104-69-91(119(4,5)6)57-63-110(104)125)77-112(106)127(114)117-100(81-42-26-19-27-43-81)71-93(121(10,11)12)73-102(117)89-51-35-49-87(67-89)85-47-33-45-83(65-85)79-38-22-17-23-39-79/h16-77H,1-15H3. The fourth-order valence-electron chi connectivity index (χ4n) is 20.1. The van der Waals surface area contributed by atoms with Gasteiger partial charge in [0.05, 0.1) is 33.4 Å². The molecule has 0 radical (unpaired) electrons. The summed E-state index contributed by atoms with van der Waals surface area (Å²) in [5.74, 6) is 0. The molecule has 21 rings (SSSR count). The van der Waals surface area contributed by atoms with E-state index in [-0.39, 0.29) is 28.4 Å². The molecule has 0 saturated heterocycles. The minimum atomic E-state index is -0.403. The van der Waals surface area contributed by atoms with Crippen LogP contribution in [0.15, 0.2) is 376 Å². The van der Waals surface area contributed by atoms with Crippen LogP contribution in [-0.4, -0.2) is 15.8 Å². The molecular weight excluding hydrogens is 1530 g/mol. The first-order chi connectivity index (χ1) is 61.1. The van der Waals surface area contributed by atoms with Gasteiger partial charge in [0, 0.05) is 77.9 Å². The molecule has 2 aliphatic heterocycles. The molecule has 127 heavy (non-hydrogen) atoms. The van der Waals surface area contributed by atoms with Gasteiger partial charge in [-0.05, 0) is 259 Å². The SMILES string of the molecule is CC(C)(C)c1cc(-c2ccccc2)c(N2c3cc(-n4c5ccccc5c5cc(C(C)(C)C)ccc54)ccc3B3c4ccc(-n5c6ccccc6c6cc(C(C)(C)C)ccc65)cc4N(c4c(-c5ccccc5)cc(C(C)(C)C)cc4-c4cccc(-c5cccc(-c6ccccc6)c5)c4)c4cc(C(C)(C)C)cc2c43)c(-c2cccc(-c3cccc(-c4ccccc4)c3)c2)c1. The maximum atomic E-state index is 2.78. The summed E-state index contributed by atoms with van der Waals surface area (Å²) in [4.78, 5) is 5.55. The lowest BCUT2D eigenvalue weighted by Crippen LogP contribution is -2.61. The van der Waals surface area contributed by atoms with Crippen LogP contribution in [-0.2, 0) is 27.1 Å². The fourth-order valence-corrected chi connectivity index (χ4v) is 20.1. The first kappa shape index (κ1) is 80.1. The van der Waals surface area contributed by atoms with Gasteiger partial charge in [0.1, 0.15) is 0 Å². The van der Waals surface area contributed by atoms with E-state index in [4.69, 9.17) is 0 Å². The Hall–Kier alpha value is -14.0. The van der Waals surface area contributed by atoms with E-state index in [2.05, 4.69) is 499 Å². The van der Waals surface area contributed by atoms with Crippen LogP contribution in [0, 0.1) is 0 Å². The average molecular weight is 1640 g/mol. The Labute approximate surface area is 749 Å². The third kappa shape index (κ3) is 14.1. The third-order valence-electron chi connectivity index (χ3n) is 27.0. The topological polar surface area (TPSA) is 16.3 Å². The first-order valence-corrected chi connectivity index (χ1v) is 45.3. The third-order valence-corrected chi connectivity index (χ3v) is 27.0. The highest BCUT2D eigenvalue weighted by molar-refractivity contribution is 7.00. The highest BCUT2D eigenvalue weighted by Gasteiger charge is 2.47. The largest absolute Gasteiger partial charge is 0.310 e. The van der Waals surface area contributed by atoms with Crippen molar-refractivity contribution in [1.82, 2.24) is 9.13 Å². The lowest BCUT2D eigenvalue weighted by atomic mass is 9.33. The minimum absolute atomic E-state index is 0.0712. The lowest BCUT2D eigenvalue weighted by molar-refractivity contribution is 0.590. The van der Waals surface area contributed by atoms with Crippen LogP contribution in [0.4, 0.5) is 34.1 Å². The maximum absolute atomic E-state index is 2.78. The summed E-state index contributed by atoms with van der Waals surface area (Å²) >= 11 is 0. The molecule has 2 aliphatic rings. The molecule has 0 amide bonds. The van der Waals surface area contributed by atoms with E-state index in [9.17, 15) is 0 Å². The average Bonchev–Trinajstić information content (AvgIpc) is 1.16. The molecule has 0 spiro atoms. The number of nitrogens with zero attached hydrogens (tertiary/aromatic N) is 4. The van der Waals surface area contributed by atoms with Crippen LogP contribution in [0.5, 0.6) is 0 Å². The monoisotopic (exact) mass is 1640 g/mol. The van der Waals surface area contributed by atoms with Crippen molar-refractivity contribution in [3.05, 3.63) is 404 Å². The normalized spacial score (nSPS) is 13.0. The minimum Gasteiger partial charge on any atom is -0.310 e. The van der Waals surface area contributed by atoms with Gasteiger partial charge in [0.15, 0.2) is 0 Å². The molecule has 2 aromatic heterocycles. The highest BCUT2D eigenvalue weighted by Crippen LogP contribution is 2.57. The van der Waals surface area contributed by atoms with E-state index >= 15 is 0 Å². The number of anilines is 6. The number of benzene rings is 17. The Kier molecular flexibility index (Phi) is 19.2. The van der Waals surface area contributed by atoms with Crippen molar-refractivity contribution in [1.29, 1.82) is 0 Å². The zero-order valence-electron chi connectivity index (χ0n) is 75.7. The Balaban J connectivity index is 0.923. The summed E-state index contributed by atoms with van der Waals surface area (Å²) in [6.45, 7) is 35.2. The van der Waals surface area contributed by atoms with Crippen molar-refractivity contribution in [2.75, 3.05) is 9.80 Å². The molecule has 0 bridgehead atoms. The molecule has 5 heteroatoms. The van der Waals surface area contributed by atoms with Gasteiger partial charge in [-0.2, -0.15) is 0 Å². The molecule has 4 nitrogen and oxygen atoms in total. The molecule has 0 fully saturated rings. The molecule has 4 heterocycles. The van der Waals surface area contributed by atoms with Crippen molar-refractivity contribution in [3.8, 4) is 100 Å². The number of hydrogen-bond acceptors (Lipinski definition) is 2. The van der Waals surface area contributed by atoms with Crippen LogP contribution in [0.2, 0.25) is 0 Å². The van der Waals surface area contributed by atoms with Gasteiger partial charge in [-0.3, -0.25) is 0 Å². The molecule has 19 aromatic rings. The van der Waals surface area contributed by atoms with Crippen molar-refractivity contribution in [3.63, 3.8) is 0 Å². The van der Waals surface area contributed by atoms with Crippen LogP contribution < -0.4 is 26.2 Å². The number of aromatic nitrogens is 2. The molecule has 0 saturated carbocycles. The molecule has 0 atom stereocenters. The van der Waals surface area contributed by atoms with E-state index in [0.29, 0.717) is 0 Å². The Morgan fingerprint density at radius 1 is 0.189 bits per heavy atom. The molecule has 0 unspecified atom stereocenters. The Bertz CT molecular complexity index is 7130. The number of fused-ring (bicyclic) bond motifs is 10. The summed E-state index contributed by atoms with van der Waals surface area (Å²) in [5, 5.41) is 4.94. The second kappa shape index (κ2) is 30.4. The number of para-hydroxylation sites is 2. The molecule has 0 aliphatic carbocycles. The van der Waals surface area contributed by atoms with Gasteiger partial charge < -0.3 is 18.9 Å². The summed E-state index contributed by atoms with van der Waals surface area (Å²) in [5.41, 5.74) is 40.9. The lowest BCUT2D eigenvalue weighted by Gasteiger charge is -2.47. The predicted molar refractivity (Wildman–Crippen MR) is 546 cm³/mol. The van der Waals surface area contributed by atoms with E-state index in [0.717, 1.165) is 123 Å². The van der Waals surface area contributed by atoms with Gasteiger partial charge >= 0.3 is 0 Å². The zero-order chi connectivity index (χ0) is 87.3. The molecule has 0 N–H and O–H groups in total. The number of rotatable bonds is 12. The predicted octanol–water partition coefficient (Wildman–Crippen LogP) is 31.8. The Morgan fingerprint density at radius 3 is 0.811 bits per heavy atom. The van der Waals surface area contributed by atoms with Gasteiger partial charge in [0.25, 0.3) is 6.71 Å². The van der Waals surface area contributed by atoms with Gasteiger partial charge in [0.2, 0.25) is 0 Å². The van der Waals surface area contributed by atoms with Crippen LogP contribution >= 0.6 is 0 Å². The second-order valence-corrected chi connectivity index (χ2v) is 40.6. The van der Waals surface area contributed by atoms with Crippen molar-refractivity contribution in [2.24, 2.45) is 0 Å². The van der Waals surface area contributed by atoms with Crippen LogP contribution in [0.25, 0.3) is 144 Å². The molecule has 17 aromatic carbocycles. The molecule has 618 valence electrons. The molecular formula is C122H107BN4. The van der Waals surface area contributed by atoms with E-state index in [1.54, 1.807) is 0 Å². The smallest absolute Gasteiger partial charge is 0.252 e. The van der Waals surface area contributed by atoms with E-state index < -0.39 is 5.41 Å². The fraction of sp³-hybridized carbons (Fsp3) is 0.164. The quantitative estimate of drug-likeness (QED) is 0.113. The second-order valence-electron chi connectivity index (χ2n) is 40.6. The summed E-state index contributed by atoms with van der Waals surface area (Å²) < 4.78 is 5.11. The summed E-state index contributed by atoms with van der Waals surface area (Å²) in [7, 11) is 0. The maximum Gasteiger partial charge on any atom is 0.252 e. The van der Waals surface area contributed by atoms with Gasteiger partial charge in [-0.25, -0.2) is 0 Å². The van der Waals surface area contributed by atoms with Crippen molar-refractivity contribution >= 4 is 101 Å². The van der Waals surface area contributed by atoms with E-state index in [1.807, 2.05) is 0 Å². The number of hydrogen-bond donors (Lipinski definition) is 0. The highest BCUT2D eigenvalue weighted by atomic mass is 15.2. The zero-order valence-corrected chi connectivity index (χ0v) is 75.7. The summed E-state index contributed by atoms with van der Waals surface area (Å²) in [6, 6.07) is 144. The Morgan fingerprint density at radius 2 is 0.465 bits per heavy atom.